The molecule has 1 heterocycles. The Labute approximate surface area is 143 Å². The van der Waals surface area contributed by atoms with Gasteiger partial charge in [0.2, 0.25) is 0 Å². The Balaban J connectivity index is 1.96. The molecular weight excluding hydrogens is 308 g/mol. The Bertz CT molecular complexity index is 649. The Kier molecular flexibility index (Phi) is 4.88. The largest absolute Gasteiger partial charge is 0.362 e. The van der Waals surface area contributed by atoms with Crippen LogP contribution in [0.25, 0.3) is 0 Å². The molecule has 0 N–H and O–H groups in total. The number of fused-ring (bicyclic) bond motifs is 2. The van der Waals surface area contributed by atoms with Crippen LogP contribution in [0.4, 0.5) is 5.69 Å². The van der Waals surface area contributed by atoms with Crippen molar-refractivity contribution in [2.75, 3.05) is 31.1 Å². The van der Waals surface area contributed by atoms with Gasteiger partial charge in [0.15, 0.2) is 5.78 Å². The lowest BCUT2D eigenvalue weighted by Crippen LogP contribution is -2.49. The van der Waals surface area contributed by atoms with Gasteiger partial charge in [-0.05, 0) is 31.3 Å². The number of ketones is 1. The Morgan fingerprint density at radius 2 is 1.91 bits per heavy atom. The molecule has 2 unspecified atom stereocenters. The van der Waals surface area contributed by atoms with Gasteiger partial charge in [-0.2, -0.15) is 0 Å². The van der Waals surface area contributed by atoms with Crippen LogP contribution in [0, 0.1) is 5.92 Å². The van der Waals surface area contributed by atoms with E-state index in [1.54, 1.807) is 0 Å². The van der Waals surface area contributed by atoms with Gasteiger partial charge >= 0.3 is 0 Å². The minimum Gasteiger partial charge on any atom is -0.362 e. The third-order valence-corrected chi connectivity index (χ3v) is 5.09. The van der Waals surface area contributed by atoms with Gasteiger partial charge in [-0.1, -0.05) is 49.8 Å². The van der Waals surface area contributed by atoms with Crippen LogP contribution in [-0.2, 0) is 0 Å². The number of hydrogen-bond donors (Lipinski definition) is 0. The molecule has 0 radical (unpaired) electrons. The fraction of sp³-hybridized carbons (Fsp3) is 0.421. The van der Waals surface area contributed by atoms with Crippen LogP contribution in [0.1, 0.15) is 24.2 Å². The summed E-state index contributed by atoms with van der Waals surface area (Å²) in [5, 5.41) is 0.679. The summed E-state index contributed by atoms with van der Waals surface area (Å²) < 4.78 is 0. The summed E-state index contributed by atoms with van der Waals surface area (Å²) in [5.41, 5.74) is 1.76. The van der Waals surface area contributed by atoms with Crippen molar-refractivity contribution < 1.29 is 4.79 Å². The summed E-state index contributed by atoms with van der Waals surface area (Å²) in [6.45, 7) is 8.31. The van der Waals surface area contributed by atoms with Crippen molar-refractivity contribution >= 4 is 23.1 Å². The number of allylic oxidation sites excluding steroid dienone is 2. The summed E-state index contributed by atoms with van der Waals surface area (Å²) in [6.07, 6.45) is 8.17. The van der Waals surface area contributed by atoms with Crippen molar-refractivity contribution in [2.24, 2.45) is 5.92 Å². The third kappa shape index (κ3) is 3.08. The van der Waals surface area contributed by atoms with Crippen molar-refractivity contribution in [3.05, 3.63) is 53.1 Å². The lowest BCUT2D eigenvalue weighted by atomic mass is 9.82. The first kappa shape index (κ1) is 16.3. The highest BCUT2D eigenvalue weighted by Crippen LogP contribution is 2.37. The summed E-state index contributed by atoms with van der Waals surface area (Å²) in [7, 11) is 0. The van der Waals surface area contributed by atoms with E-state index in [0.29, 0.717) is 5.02 Å². The van der Waals surface area contributed by atoms with Crippen LogP contribution >= 0.6 is 11.6 Å². The summed E-state index contributed by atoms with van der Waals surface area (Å²) >= 11 is 6.20. The smallest absolute Gasteiger partial charge is 0.174 e. The molecule has 0 saturated heterocycles. The standard InChI is InChI=1S/C19H23ClN2O/c1-3-21(4-2)11-12-22-17-8-6-5-7-15(17)19(23)16-10-9-14(20)13-18(16)22/h5-10,13,15,17H,3-4,11-12H2,1-2H3. The quantitative estimate of drug-likeness (QED) is 0.820. The van der Waals surface area contributed by atoms with Gasteiger partial charge in [-0.3, -0.25) is 4.79 Å². The summed E-state index contributed by atoms with van der Waals surface area (Å²) in [4.78, 5) is 17.5. The topological polar surface area (TPSA) is 23.6 Å². The number of Topliss-reactive ketones (excluding diaryl/α,β-unsaturated/α-hetero) is 1. The molecule has 1 aliphatic carbocycles. The van der Waals surface area contributed by atoms with Gasteiger partial charge < -0.3 is 9.80 Å². The number of carbonyl (C=O) groups is 1. The number of anilines is 1. The van der Waals surface area contributed by atoms with Crippen molar-refractivity contribution in [1.82, 2.24) is 4.90 Å². The fourth-order valence-electron chi connectivity index (χ4n) is 3.49. The van der Waals surface area contributed by atoms with E-state index in [4.69, 9.17) is 11.6 Å². The first-order valence-electron chi connectivity index (χ1n) is 8.33. The van der Waals surface area contributed by atoms with Crippen molar-refractivity contribution in [3.8, 4) is 0 Å². The van der Waals surface area contributed by atoms with Crippen molar-refractivity contribution in [2.45, 2.75) is 19.9 Å². The van der Waals surface area contributed by atoms with Gasteiger partial charge in [-0.25, -0.2) is 0 Å². The molecule has 0 amide bonds. The number of hydrogen-bond acceptors (Lipinski definition) is 3. The molecule has 0 saturated carbocycles. The first-order chi connectivity index (χ1) is 11.2. The Morgan fingerprint density at radius 1 is 1.17 bits per heavy atom. The highest BCUT2D eigenvalue weighted by atomic mass is 35.5. The number of benzene rings is 1. The van der Waals surface area contributed by atoms with Gasteiger partial charge in [0.05, 0.1) is 12.0 Å². The Morgan fingerprint density at radius 3 is 2.65 bits per heavy atom. The van der Waals surface area contributed by atoms with E-state index in [1.807, 2.05) is 36.4 Å². The first-order valence-corrected chi connectivity index (χ1v) is 8.71. The second kappa shape index (κ2) is 6.90. The average molecular weight is 331 g/mol. The van der Waals surface area contributed by atoms with Crippen molar-refractivity contribution in [3.63, 3.8) is 0 Å². The molecule has 1 aliphatic heterocycles. The van der Waals surface area contributed by atoms with Crippen LogP contribution in [0.15, 0.2) is 42.5 Å². The SMILES string of the molecule is CCN(CC)CCN1c2cc(Cl)ccc2C(=O)C2C=CC=CC21. The normalized spacial score (nSPS) is 22.4. The number of halogens is 1. The second-order valence-corrected chi connectivity index (χ2v) is 6.47. The molecule has 1 aromatic rings. The molecule has 3 nitrogen and oxygen atoms in total. The zero-order valence-electron chi connectivity index (χ0n) is 13.7. The minimum absolute atomic E-state index is 0.0917. The van der Waals surface area contributed by atoms with Gasteiger partial charge in [0.1, 0.15) is 0 Å². The number of carbonyl (C=O) groups excluding carboxylic acids is 1. The van der Waals surface area contributed by atoms with Gasteiger partial charge in [-0.15, -0.1) is 0 Å². The molecule has 2 aliphatic rings. The van der Waals surface area contributed by atoms with Crippen LogP contribution in [0.3, 0.4) is 0 Å². The third-order valence-electron chi connectivity index (χ3n) is 4.85. The predicted octanol–water partition coefficient (Wildman–Crippen LogP) is 3.80. The summed E-state index contributed by atoms with van der Waals surface area (Å²) in [5.74, 6) is 0.103. The molecule has 2 atom stereocenters. The maximum absolute atomic E-state index is 12.8. The summed E-state index contributed by atoms with van der Waals surface area (Å²) in [6, 6.07) is 5.70. The lowest BCUT2D eigenvalue weighted by Gasteiger charge is -2.42. The van der Waals surface area contributed by atoms with Crippen LogP contribution < -0.4 is 4.90 Å². The average Bonchev–Trinajstić information content (AvgIpc) is 2.58. The number of likely N-dealkylation sites (N-methyl/N-ethyl adjacent to an activating group) is 1. The van der Waals surface area contributed by atoms with E-state index < -0.39 is 0 Å². The molecule has 1 aromatic carbocycles. The van der Waals surface area contributed by atoms with Crippen molar-refractivity contribution in [1.29, 1.82) is 0 Å². The van der Waals surface area contributed by atoms with E-state index in [-0.39, 0.29) is 17.7 Å². The minimum atomic E-state index is -0.0922. The van der Waals surface area contributed by atoms with Gasteiger partial charge in [0, 0.05) is 29.4 Å². The molecule has 122 valence electrons. The molecular formula is C19H23ClN2O. The molecule has 23 heavy (non-hydrogen) atoms. The zero-order chi connectivity index (χ0) is 16.4. The van der Waals surface area contributed by atoms with E-state index >= 15 is 0 Å². The monoisotopic (exact) mass is 330 g/mol. The molecule has 0 spiro atoms. The lowest BCUT2D eigenvalue weighted by molar-refractivity contribution is 0.0927. The number of rotatable bonds is 5. The van der Waals surface area contributed by atoms with Gasteiger partial charge in [0.25, 0.3) is 0 Å². The molecule has 0 fully saturated rings. The molecule has 3 rings (SSSR count). The van der Waals surface area contributed by atoms with Crippen LogP contribution in [0.2, 0.25) is 5.02 Å². The predicted molar refractivity (Wildman–Crippen MR) is 96.5 cm³/mol. The maximum atomic E-state index is 12.8. The molecule has 0 bridgehead atoms. The van der Waals surface area contributed by atoms with Crippen LogP contribution in [-0.4, -0.2) is 42.9 Å². The van der Waals surface area contributed by atoms with Crippen LogP contribution in [0.5, 0.6) is 0 Å². The van der Waals surface area contributed by atoms with E-state index in [0.717, 1.165) is 37.4 Å². The van der Waals surface area contributed by atoms with E-state index in [9.17, 15) is 4.79 Å². The molecule has 4 heteroatoms. The number of nitrogens with zero attached hydrogens (tertiary/aromatic N) is 2. The highest BCUT2D eigenvalue weighted by Gasteiger charge is 2.38. The highest BCUT2D eigenvalue weighted by molar-refractivity contribution is 6.31. The zero-order valence-corrected chi connectivity index (χ0v) is 14.5. The Hall–Kier alpha value is -1.58. The van der Waals surface area contributed by atoms with E-state index in [1.165, 1.54) is 0 Å². The second-order valence-electron chi connectivity index (χ2n) is 6.03. The molecule has 0 aromatic heterocycles. The maximum Gasteiger partial charge on any atom is 0.174 e. The van der Waals surface area contributed by atoms with E-state index in [2.05, 4.69) is 29.7 Å². The fourth-order valence-corrected chi connectivity index (χ4v) is 3.65.